The van der Waals surface area contributed by atoms with Crippen molar-refractivity contribution in [2.45, 2.75) is 26.2 Å². The van der Waals surface area contributed by atoms with Crippen LogP contribution in [0.4, 0.5) is 4.39 Å². The summed E-state index contributed by atoms with van der Waals surface area (Å²) in [5.41, 5.74) is 0.492. The molecule has 0 saturated heterocycles. The van der Waals surface area contributed by atoms with Crippen LogP contribution in [-0.2, 0) is 4.79 Å². The van der Waals surface area contributed by atoms with Gasteiger partial charge in [-0.05, 0) is 25.1 Å². The van der Waals surface area contributed by atoms with Crippen LogP contribution in [0.3, 0.4) is 0 Å². The van der Waals surface area contributed by atoms with Gasteiger partial charge in [-0.15, -0.1) is 0 Å². The zero-order valence-corrected chi connectivity index (χ0v) is 12.1. The molecule has 1 aromatic carbocycles. The Bertz CT molecular complexity index is 612. The number of hydrogen-bond acceptors (Lipinski definition) is 4. The highest BCUT2D eigenvalue weighted by molar-refractivity contribution is 9.10. The van der Waals surface area contributed by atoms with Crippen molar-refractivity contribution < 1.29 is 13.7 Å². The van der Waals surface area contributed by atoms with Crippen molar-refractivity contribution in [3.05, 3.63) is 34.4 Å². The maximum absolute atomic E-state index is 13.2. The summed E-state index contributed by atoms with van der Waals surface area (Å²) in [5.74, 6) is -0.301. The number of nitrogens with zero attached hydrogens (tertiary/aromatic N) is 2. The molecule has 0 amide bonds. The number of rotatable bonds is 4. The van der Waals surface area contributed by atoms with E-state index in [1.54, 1.807) is 19.9 Å². The van der Waals surface area contributed by atoms with Gasteiger partial charge in [-0.3, -0.25) is 4.79 Å². The summed E-state index contributed by atoms with van der Waals surface area (Å²) in [7, 11) is 0. The minimum Gasteiger partial charge on any atom is -0.338 e. The van der Waals surface area contributed by atoms with Crippen LogP contribution in [0.2, 0.25) is 0 Å². The average molecular weight is 327 g/mol. The molecule has 0 spiro atoms. The summed E-state index contributed by atoms with van der Waals surface area (Å²) in [6, 6.07) is 4.21. The normalized spacial score (nSPS) is 12.4. The molecule has 0 radical (unpaired) electrons. The molecular formula is C13H12BrFN2O2. The summed E-state index contributed by atoms with van der Waals surface area (Å²) >= 11 is 3.30. The first kappa shape index (κ1) is 13.9. The second-order valence-electron chi connectivity index (χ2n) is 4.12. The highest BCUT2D eigenvalue weighted by atomic mass is 79.9. The van der Waals surface area contributed by atoms with Gasteiger partial charge in [0.25, 0.3) is 0 Å². The number of carbonyl (C=O) groups is 1. The van der Waals surface area contributed by atoms with Crippen LogP contribution in [0, 0.1) is 5.82 Å². The molecule has 0 bridgehead atoms. The van der Waals surface area contributed by atoms with Gasteiger partial charge in [0.1, 0.15) is 11.6 Å². The second-order valence-corrected chi connectivity index (χ2v) is 4.98. The fourth-order valence-corrected chi connectivity index (χ4v) is 2.06. The Hall–Kier alpha value is -1.56. The molecule has 0 aliphatic heterocycles. The van der Waals surface area contributed by atoms with E-state index in [1.807, 2.05) is 0 Å². The van der Waals surface area contributed by atoms with Crippen LogP contribution in [0.5, 0.6) is 0 Å². The summed E-state index contributed by atoms with van der Waals surface area (Å²) in [6.45, 7) is 3.49. The van der Waals surface area contributed by atoms with Crippen molar-refractivity contribution in [2.75, 3.05) is 0 Å². The smallest absolute Gasteiger partial charge is 0.237 e. The van der Waals surface area contributed by atoms with Gasteiger partial charge in [-0.25, -0.2) is 4.39 Å². The summed E-state index contributed by atoms with van der Waals surface area (Å²) in [5, 5.41) is 3.79. The molecule has 0 aliphatic rings. The van der Waals surface area contributed by atoms with E-state index in [1.165, 1.54) is 12.1 Å². The first-order valence-corrected chi connectivity index (χ1v) is 6.64. The Morgan fingerprint density at radius 1 is 1.53 bits per heavy atom. The van der Waals surface area contributed by atoms with Gasteiger partial charge >= 0.3 is 0 Å². The minimum absolute atomic E-state index is 0.0218. The van der Waals surface area contributed by atoms with Crippen LogP contribution in [0.1, 0.15) is 32.1 Å². The van der Waals surface area contributed by atoms with E-state index in [9.17, 15) is 9.18 Å². The van der Waals surface area contributed by atoms with Crippen molar-refractivity contribution in [2.24, 2.45) is 0 Å². The highest BCUT2D eigenvalue weighted by Gasteiger charge is 2.21. The standard InChI is InChI=1S/C13H12BrFN2O2/c1-3-11(18)7(2)13-16-12(17-19-13)9-6-8(15)4-5-10(9)14/h4-7H,3H2,1-2H3. The number of Topliss-reactive ketones (excluding diaryl/α,β-unsaturated/α-hetero) is 1. The van der Waals surface area contributed by atoms with Gasteiger partial charge in [0, 0.05) is 16.5 Å². The molecule has 6 heteroatoms. The van der Waals surface area contributed by atoms with E-state index in [0.29, 0.717) is 16.5 Å². The maximum atomic E-state index is 13.2. The van der Waals surface area contributed by atoms with Gasteiger partial charge < -0.3 is 4.52 Å². The van der Waals surface area contributed by atoms with Gasteiger partial charge in [-0.1, -0.05) is 28.0 Å². The molecule has 4 nitrogen and oxygen atoms in total. The topological polar surface area (TPSA) is 56.0 Å². The van der Waals surface area contributed by atoms with Crippen LogP contribution in [0.15, 0.2) is 27.2 Å². The zero-order chi connectivity index (χ0) is 14.0. The third-order valence-electron chi connectivity index (χ3n) is 2.81. The van der Waals surface area contributed by atoms with Gasteiger partial charge in [0.2, 0.25) is 11.7 Å². The molecule has 1 unspecified atom stereocenters. The lowest BCUT2D eigenvalue weighted by Crippen LogP contribution is -2.07. The van der Waals surface area contributed by atoms with Crippen molar-refractivity contribution in [3.63, 3.8) is 0 Å². The molecule has 100 valence electrons. The van der Waals surface area contributed by atoms with Gasteiger partial charge in [-0.2, -0.15) is 4.98 Å². The van der Waals surface area contributed by atoms with Crippen molar-refractivity contribution in [3.8, 4) is 11.4 Å². The SMILES string of the molecule is CCC(=O)C(C)c1nc(-c2cc(F)ccc2Br)no1. The van der Waals surface area contributed by atoms with E-state index in [2.05, 4.69) is 26.1 Å². The number of aromatic nitrogens is 2. The third kappa shape index (κ3) is 2.89. The molecule has 1 atom stereocenters. The van der Waals surface area contributed by atoms with Gasteiger partial charge in [0.15, 0.2) is 0 Å². The molecule has 1 heterocycles. The lowest BCUT2D eigenvalue weighted by Gasteiger charge is -2.01. The second kappa shape index (κ2) is 5.61. The predicted octanol–water partition coefficient (Wildman–Crippen LogP) is 3.72. The molecular weight excluding hydrogens is 315 g/mol. The number of carbonyl (C=O) groups excluding carboxylic acids is 1. The minimum atomic E-state index is -0.446. The van der Waals surface area contributed by atoms with Crippen LogP contribution in [-0.4, -0.2) is 15.9 Å². The molecule has 0 saturated carbocycles. The van der Waals surface area contributed by atoms with Crippen LogP contribution < -0.4 is 0 Å². The van der Waals surface area contributed by atoms with Crippen molar-refractivity contribution in [1.82, 2.24) is 10.1 Å². The number of ketones is 1. The number of benzene rings is 1. The van der Waals surface area contributed by atoms with Crippen LogP contribution in [0.25, 0.3) is 11.4 Å². The van der Waals surface area contributed by atoms with E-state index in [-0.39, 0.29) is 23.3 Å². The first-order chi connectivity index (χ1) is 9.02. The Kier molecular flexibility index (Phi) is 4.09. The van der Waals surface area contributed by atoms with Crippen LogP contribution >= 0.6 is 15.9 Å². The highest BCUT2D eigenvalue weighted by Crippen LogP contribution is 2.28. The van der Waals surface area contributed by atoms with Crippen molar-refractivity contribution in [1.29, 1.82) is 0 Å². The summed E-state index contributed by atoms with van der Waals surface area (Å²) in [4.78, 5) is 15.7. The third-order valence-corrected chi connectivity index (χ3v) is 3.50. The van der Waals surface area contributed by atoms with E-state index in [0.717, 1.165) is 0 Å². The number of halogens is 2. The largest absolute Gasteiger partial charge is 0.338 e. The molecule has 19 heavy (non-hydrogen) atoms. The Morgan fingerprint density at radius 3 is 2.95 bits per heavy atom. The summed E-state index contributed by atoms with van der Waals surface area (Å²) in [6.07, 6.45) is 0.405. The van der Waals surface area contributed by atoms with Gasteiger partial charge in [0.05, 0.1) is 5.92 Å². The molecule has 2 rings (SSSR count). The summed E-state index contributed by atoms with van der Waals surface area (Å²) < 4.78 is 19.0. The average Bonchev–Trinajstić information content (AvgIpc) is 2.89. The fourth-order valence-electron chi connectivity index (χ4n) is 1.63. The lowest BCUT2D eigenvalue weighted by molar-refractivity contribution is -0.120. The van der Waals surface area contributed by atoms with Crippen molar-refractivity contribution >= 4 is 21.7 Å². The lowest BCUT2D eigenvalue weighted by atomic mass is 10.1. The molecule has 0 fully saturated rings. The van der Waals surface area contributed by atoms with E-state index in [4.69, 9.17) is 4.52 Å². The van der Waals surface area contributed by atoms with E-state index >= 15 is 0 Å². The fraction of sp³-hybridized carbons (Fsp3) is 0.308. The number of hydrogen-bond donors (Lipinski definition) is 0. The molecule has 1 aromatic heterocycles. The molecule has 0 aliphatic carbocycles. The quantitative estimate of drug-likeness (QED) is 0.859. The Labute approximate surface area is 118 Å². The van der Waals surface area contributed by atoms with E-state index < -0.39 is 5.92 Å². The Balaban J connectivity index is 2.35. The Morgan fingerprint density at radius 2 is 2.26 bits per heavy atom. The monoisotopic (exact) mass is 326 g/mol. The maximum Gasteiger partial charge on any atom is 0.237 e. The zero-order valence-electron chi connectivity index (χ0n) is 10.5. The predicted molar refractivity (Wildman–Crippen MR) is 71.1 cm³/mol. The molecule has 0 N–H and O–H groups in total. The first-order valence-electron chi connectivity index (χ1n) is 5.84. The molecule has 2 aromatic rings.